The van der Waals surface area contributed by atoms with E-state index in [1.54, 1.807) is 48.5 Å². The Bertz CT molecular complexity index is 1630. The standard InChI is InChI=1S/C31H26O10/c1-36-22-7-8-24(27(12-22)39-15-18-5-3-4-6-23(18)31(34)35)25-16-38-14-21(25)10-20(30(32)33)9-19-11-28-29(41-17-40-28)13-26(19)37-2/h3-8,10-14,16H,9,15,17H2,1-2H3,(H,32,33)(H,34,35)/b20-10+. The van der Waals surface area contributed by atoms with E-state index >= 15 is 0 Å². The number of aliphatic carboxylic acids is 1. The summed E-state index contributed by atoms with van der Waals surface area (Å²) < 4.78 is 33.3. The van der Waals surface area contributed by atoms with E-state index in [2.05, 4.69) is 0 Å². The van der Waals surface area contributed by atoms with E-state index in [-0.39, 0.29) is 31.0 Å². The number of hydrogen-bond donors (Lipinski definition) is 2. The number of hydrogen-bond acceptors (Lipinski definition) is 8. The minimum absolute atomic E-state index is 0.0179. The molecule has 0 amide bonds. The SMILES string of the molecule is COc1ccc(-c2cocc2/C=C(\Cc2cc3c(cc2OC)OCO3)C(=O)O)c(OCc2ccccc2C(=O)O)c1. The number of fused-ring (bicyclic) bond motifs is 1. The summed E-state index contributed by atoms with van der Waals surface area (Å²) in [6, 6.07) is 15.1. The zero-order valence-electron chi connectivity index (χ0n) is 22.2. The molecule has 0 fully saturated rings. The van der Waals surface area contributed by atoms with Crippen molar-refractivity contribution in [3.05, 3.63) is 95.0 Å². The molecule has 10 nitrogen and oxygen atoms in total. The van der Waals surface area contributed by atoms with E-state index in [0.29, 0.717) is 56.6 Å². The molecule has 2 N–H and O–H groups in total. The number of carboxylic acid groups (broad SMARTS) is 2. The minimum Gasteiger partial charge on any atom is -0.497 e. The number of furan rings is 1. The lowest BCUT2D eigenvalue weighted by molar-refractivity contribution is -0.132. The van der Waals surface area contributed by atoms with Crippen LogP contribution in [0.15, 0.2) is 77.1 Å². The van der Waals surface area contributed by atoms with Gasteiger partial charge in [-0.05, 0) is 30.3 Å². The maximum atomic E-state index is 12.3. The van der Waals surface area contributed by atoms with Crippen molar-refractivity contribution in [3.8, 4) is 39.9 Å². The molecule has 1 aromatic heterocycles. The fraction of sp³-hybridized carbons (Fsp3) is 0.161. The van der Waals surface area contributed by atoms with Crippen LogP contribution in [-0.4, -0.2) is 43.2 Å². The summed E-state index contributed by atoms with van der Waals surface area (Å²) >= 11 is 0. The summed E-state index contributed by atoms with van der Waals surface area (Å²) in [5.74, 6) is 0.264. The third-order valence-electron chi connectivity index (χ3n) is 6.56. The highest BCUT2D eigenvalue weighted by atomic mass is 16.7. The average Bonchev–Trinajstić information content (AvgIpc) is 3.64. The van der Waals surface area contributed by atoms with E-state index in [0.717, 1.165) is 0 Å². The maximum Gasteiger partial charge on any atom is 0.336 e. The maximum absolute atomic E-state index is 12.3. The molecule has 2 heterocycles. The van der Waals surface area contributed by atoms with Crippen molar-refractivity contribution in [1.82, 2.24) is 0 Å². The monoisotopic (exact) mass is 558 g/mol. The second-order valence-corrected chi connectivity index (χ2v) is 9.02. The van der Waals surface area contributed by atoms with Crippen LogP contribution in [0.4, 0.5) is 0 Å². The molecule has 0 spiro atoms. The molecule has 0 atom stereocenters. The van der Waals surface area contributed by atoms with Crippen molar-refractivity contribution in [2.24, 2.45) is 0 Å². The molecule has 1 aliphatic heterocycles. The van der Waals surface area contributed by atoms with Crippen LogP contribution in [0, 0.1) is 0 Å². The van der Waals surface area contributed by atoms with Crippen LogP contribution in [0.5, 0.6) is 28.7 Å². The van der Waals surface area contributed by atoms with Gasteiger partial charge in [0.2, 0.25) is 6.79 Å². The lowest BCUT2D eigenvalue weighted by atomic mass is 9.98. The van der Waals surface area contributed by atoms with Crippen LogP contribution in [-0.2, 0) is 17.8 Å². The Morgan fingerprint density at radius 2 is 1.66 bits per heavy atom. The molecule has 0 bridgehead atoms. The van der Waals surface area contributed by atoms with Gasteiger partial charge in [-0.1, -0.05) is 18.2 Å². The molecule has 0 radical (unpaired) electrons. The van der Waals surface area contributed by atoms with Gasteiger partial charge in [0.1, 0.15) is 23.9 Å². The first-order valence-electron chi connectivity index (χ1n) is 12.5. The van der Waals surface area contributed by atoms with Gasteiger partial charge in [-0.15, -0.1) is 0 Å². The summed E-state index contributed by atoms with van der Waals surface area (Å²) in [5, 5.41) is 19.6. The Kier molecular flexibility index (Phi) is 7.82. The third kappa shape index (κ3) is 5.81. The Labute approximate surface area is 234 Å². The zero-order chi connectivity index (χ0) is 28.9. The fourth-order valence-corrected chi connectivity index (χ4v) is 4.49. The summed E-state index contributed by atoms with van der Waals surface area (Å²) in [6.07, 6.45) is 4.51. The molecule has 5 rings (SSSR count). The van der Waals surface area contributed by atoms with Crippen molar-refractivity contribution >= 4 is 18.0 Å². The highest BCUT2D eigenvalue weighted by molar-refractivity contribution is 5.94. The van der Waals surface area contributed by atoms with Gasteiger partial charge in [-0.25, -0.2) is 9.59 Å². The summed E-state index contributed by atoms with van der Waals surface area (Å²) in [4.78, 5) is 24.0. The molecule has 3 aromatic carbocycles. The number of ether oxygens (including phenoxy) is 5. The largest absolute Gasteiger partial charge is 0.497 e. The van der Waals surface area contributed by atoms with E-state index in [9.17, 15) is 19.8 Å². The molecule has 1 aliphatic rings. The van der Waals surface area contributed by atoms with Crippen molar-refractivity contribution in [3.63, 3.8) is 0 Å². The van der Waals surface area contributed by atoms with Crippen molar-refractivity contribution in [1.29, 1.82) is 0 Å². The van der Waals surface area contributed by atoms with Gasteiger partial charge < -0.3 is 38.3 Å². The van der Waals surface area contributed by atoms with Gasteiger partial charge in [0, 0.05) is 51.9 Å². The highest BCUT2D eigenvalue weighted by Crippen LogP contribution is 2.40. The molecule has 10 heteroatoms. The molecule has 0 saturated carbocycles. The van der Waals surface area contributed by atoms with Gasteiger partial charge in [0.15, 0.2) is 11.5 Å². The number of benzene rings is 3. The number of methoxy groups -OCH3 is 2. The smallest absolute Gasteiger partial charge is 0.336 e. The van der Waals surface area contributed by atoms with Crippen molar-refractivity contribution < 1.29 is 47.9 Å². The molecule has 0 aliphatic carbocycles. The molecule has 0 unspecified atom stereocenters. The first-order valence-corrected chi connectivity index (χ1v) is 12.5. The Morgan fingerprint density at radius 3 is 2.39 bits per heavy atom. The second kappa shape index (κ2) is 11.8. The third-order valence-corrected chi connectivity index (χ3v) is 6.56. The Morgan fingerprint density at radius 1 is 0.878 bits per heavy atom. The lowest BCUT2D eigenvalue weighted by Gasteiger charge is -2.14. The summed E-state index contributed by atoms with van der Waals surface area (Å²) in [7, 11) is 3.02. The Hall–Kier alpha value is -5.38. The number of rotatable bonds is 11. The van der Waals surface area contributed by atoms with Crippen LogP contribution in [0.25, 0.3) is 17.2 Å². The quantitative estimate of drug-likeness (QED) is 0.221. The zero-order valence-corrected chi connectivity index (χ0v) is 22.2. The van der Waals surface area contributed by atoms with E-state index < -0.39 is 11.9 Å². The van der Waals surface area contributed by atoms with Crippen molar-refractivity contribution in [2.45, 2.75) is 13.0 Å². The fourth-order valence-electron chi connectivity index (χ4n) is 4.49. The van der Waals surface area contributed by atoms with Gasteiger partial charge in [0.25, 0.3) is 0 Å². The second-order valence-electron chi connectivity index (χ2n) is 9.02. The van der Waals surface area contributed by atoms with Gasteiger partial charge in [-0.3, -0.25) is 0 Å². The number of aromatic carboxylic acids is 1. The van der Waals surface area contributed by atoms with E-state index in [1.807, 2.05) is 0 Å². The lowest BCUT2D eigenvalue weighted by Crippen LogP contribution is -2.06. The molecular weight excluding hydrogens is 532 g/mol. The van der Waals surface area contributed by atoms with Crippen molar-refractivity contribution in [2.75, 3.05) is 21.0 Å². The topological polar surface area (TPSA) is 134 Å². The van der Waals surface area contributed by atoms with Gasteiger partial charge in [0.05, 0.1) is 32.3 Å². The molecule has 41 heavy (non-hydrogen) atoms. The van der Waals surface area contributed by atoms with Gasteiger partial charge in [-0.2, -0.15) is 0 Å². The van der Waals surface area contributed by atoms with Crippen LogP contribution in [0.1, 0.15) is 27.0 Å². The minimum atomic E-state index is -1.12. The molecular formula is C31H26O10. The number of carboxylic acids is 2. The normalized spacial score (nSPS) is 12.2. The molecule has 210 valence electrons. The Balaban J connectivity index is 1.49. The van der Waals surface area contributed by atoms with Crippen LogP contribution in [0.2, 0.25) is 0 Å². The molecule has 4 aromatic rings. The summed E-state index contributed by atoms with van der Waals surface area (Å²) in [6.45, 7) is 0.0616. The number of carbonyl (C=O) groups is 2. The summed E-state index contributed by atoms with van der Waals surface area (Å²) in [5.41, 5.74) is 3.00. The predicted octanol–water partition coefficient (Wildman–Crippen LogP) is 5.68. The van der Waals surface area contributed by atoms with E-state index in [4.69, 9.17) is 28.1 Å². The first-order chi connectivity index (χ1) is 19.9. The van der Waals surface area contributed by atoms with Gasteiger partial charge >= 0.3 is 11.9 Å². The van der Waals surface area contributed by atoms with Crippen LogP contribution in [0.3, 0.4) is 0 Å². The predicted molar refractivity (Wildman–Crippen MR) is 147 cm³/mol. The highest BCUT2D eigenvalue weighted by Gasteiger charge is 2.21. The average molecular weight is 559 g/mol. The van der Waals surface area contributed by atoms with Crippen LogP contribution < -0.4 is 23.7 Å². The van der Waals surface area contributed by atoms with E-state index in [1.165, 1.54) is 38.9 Å². The first kappa shape index (κ1) is 27.2. The molecule has 0 saturated heterocycles. The van der Waals surface area contributed by atoms with Crippen LogP contribution >= 0.6 is 0 Å².